The highest BCUT2D eigenvalue weighted by Gasteiger charge is 2.13. The zero-order chi connectivity index (χ0) is 25.4. The summed E-state index contributed by atoms with van der Waals surface area (Å²) in [5, 5.41) is 27.2. The summed E-state index contributed by atoms with van der Waals surface area (Å²) in [7, 11) is 0. The molecule has 0 saturated carbocycles. The van der Waals surface area contributed by atoms with E-state index in [-0.39, 0.29) is 37.9 Å². The van der Waals surface area contributed by atoms with E-state index in [4.69, 9.17) is 45.0 Å². The summed E-state index contributed by atoms with van der Waals surface area (Å²) in [6.45, 7) is 0. The second-order valence-corrected chi connectivity index (χ2v) is 7.73. The Balaban J connectivity index is 0.000000185. The van der Waals surface area contributed by atoms with E-state index in [9.17, 15) is 23.1 Å². The topological polar surface area (TPSA) is 90.1 Å². The van der Waals surface area contributed by atoms with Gasteiger partial charge in [0.05, 0.1) is 20.6 Å². The lowest BCUT2D eigenvalue weighted by molar-refractivity contribution is 0.112. The lowest BCUT2D eigenvalue weighted by atomic mass is 10.0. The maximum Gasteiger partial charge on any atom is 0.153 e. The van der Waals surface area contributed by atoms with E-state index in [1.165, 1.54) is 12.1 Å². The molecule has 34 heavy (non-hydrogen) atoms. The first-order valence-corrected chi connectivity index (χ1v) is 10.3. The fourth-order valence-electron chi connectivity index (χ4n) is 2.49. The van der Waals surface area contributed by atoms with Gasteiger partial charge < -0.3 is 15.3 Å². The van der Waals surface area contributed by atoms with Crippen LogP contribution in [0.4, 0.5) is 13.2 Å². The Hall–Kier alpha value is -3.20. The maximum absolute atomic E-state index is 13.0. The summed E-state index contributed by atoms with van der Waals surface area (Å²) in [6, 6.07) is 7.58. The van der Waals surface area contributed by atoms with Gasteiger partial charge in [-0.25, -0.2) is 13.2 Å². The summed E-state index contributed by atoms with van der Waals surface area (Å²) in [4.78, 5) is 14.0. The number of benzene rings is 3. The predicted octanol–water partition coefficient (Wildman–Crippen LogP) is 7.18. The highest BCUT2D eigenvalue weighted by Crippen LogP contribution is 2.35. The number of hydrogen-bond donors (Lipinski definition) is 3. The van der Waals surface area contributed by atoms with E-state index in [1.807, 2.05) is 0 Å². The van der Waals surface area contributed by atoms with Gasteiger partial charge in [0, 0.05) is 24.4 Å². The third-order valence-electron chi connectivity index (χ3n) is 4.12. The molecule has 0 atom stereocenters. The van der Waals surface area contributed by atoms with Gasteiger partial charge in [-0.2, -0.15) is 0 Å². The van der Waals surface area contributed by atoms with E-state index in [2.05, 4.69) is 4.99 Å². The number of aliphatic imine (C=N–C) groups is 1. The second kappa shape index (κ2) is 12.3. The number of rotatable bonds is 2. The van der Waals surface area contributed by atoms with Crippen molar-refractivity contribution >= 4 is 52.9 Å². The SMILES string of the molecule is O=Cc1cc(F)cc(Cl)c1O.Oc1c(Cl)cc(F)cc1C1=CN=CC1.Oc1ccc(F)cc1Cl. The average molecular weight is 533 g/mol. The van der Waals surface area contributed by atoms with Crippen LogP contribution in [0.2, 0.25) is 15.1 Å². The molecular weight excluding hydrogens is 518 g/mol. The molecule has 0 saturated heterocycles. The van der Waals surface area contributed by atoms with Gasteiger partial charge in [-0.3, -0.25) is 9.79 Å². The highest BCUT2D eigenvalue weighted by molar-refractivity contribution is 6.33. The molecule has 0 unspecified atom stereocenters. The van der Waals surface area contributed by atoms with Crippen LogP contribution in [0.25, 0.3) is 5.57 Å². The zero-order valence-corrected chi connectivity index (χ0v) is 19.2. The van der Waals surface area contributed by atoms with Crippen LogP contribution in [0.3, 0.4) is 0 Å². The van der Waals surface area contributed by atoms with Crippen molar-refractivity contribution in [1.29, 1.82) is 0 Å². The highest BCUT2D eigenvalue weighted by atomic mass is 35.5. The maximum atomic E-state index is 13.0. The molecule has 1 heterocycles. The monoisotopic (exact) mass is 531 g/mol. The first kappa shape index (κ1) is 27.0. The third-order valence-corrected chi connectivity index (χ3v) is 4.99. The van der Waals surface area contributed by atoms with Gasteiger partial charge in [-0.05, 0) is 48.0 Å². The zero-order valence-electron chi connectivity index (χ0n) is 16.9. The number of halogens is 6. The standard InChI is InChI=1S/C10H7ClFNO.C7H4ClFO2.C6H4ClFO/c11-9-4-7(12)3-8(10(9)14)6-1-2-13-5-6;8-6-2-5(9)1-4(3-10)7(6)11;7-5-3-4(8)1-2-6(5)9/h2-5,14H,1H2;1-3,11H;1-3,9H. The third kappa shape index (κ3) is 7.41. The minimum Gasteiger partial charge on any atom is -0.506 e. The Labute approximate surface area is 207 Å². The largest absolute Gasteiger partial charge is 0.506 e. The molecule has 0 fully saturated rings. The Morgan fingerprint density at radius 3 is 1.91 bits per heavy atom. The van der Waals surface area contributed by atoms with E-state index >= 15 is 0 Å². The van der Waals surface area contributed by atoms with Crippen molar-refractivity contribution in [3.05, 3.63) is 92.3 Å². The second-order valence-electron chi connectivity index (χ2n) is 6.51. The summed E-state index contributed by atoms with van der Waals surface area (Å²) in [5.74, 6) is -2.13. The molecule has 178 valence electrons. The summed E-state index contributed by atoms with van der Waals surface area (Å²) in [5.41, 5.74) is 1.03. The molecule has 0 spiro atoms. The minimum absolute atomic E-state index is 0.0211. The molecule has 3 aromatic carbocycles. The van der Waals surface area contributed by atoms with Crippen LogP contribution in [0, 0.1) is 17.5 Å². The Morgan fingerprint density at radius 1 is 0.794 bits per heavy atom. The van der Waals surface area contributed by atoms with E-state index in [1.54, 1.807) is 12.4 Å². The molecule has 0 bridgehead atoms. The molecule has 11 heteroatoms. The Bertz CT molecular complexity index is 1270. The molecule has 0 aliphatic carbocycles. The molecule has 4 rings (SSSR count). The van der Waals surface area contributed by atoms with E-state index < -0.39 is 17.5 Å². The lowest BCUT2D eigenvalue weighted by Gasteiger charge is -2.06. The number of carbonyl (C=O) groups excluding carboxylic acids is 1. The van der Waals surface area contributed by atoms with Gasteiger partial charge in [-0.15, -0.1) is 0 Å². The van der Waals surface area contributed by atoms with Crippen molar-refractivity contribution in [3.63, 3.8) is 0 Å². The Morgan fingerprint density at radius 2 is 1.38 bits per heavy atom. The fraction of sp³-hybridized carbons (Fsp3) is 0.0435. The van der Waals surface area contributed by atoms with Crippen molar-refractivity contribution in [3.8, 4) is 17.2 Å². The van der Waals surface area contributed by atoms with Crippen LogP contribution in [0.5, 0.6) is 17.2 Å². The predicted molar refractivity (Wildman–Crippen MR) is 126 cm³/mol. The van der Waals surface area contributed by atoms with Crippen molar-refractivity contribution in [2.45, 2.75) is 6.42 Å². The quantitative estimate of drug-likeness (QED) is 0.305. The number of hydrogen-bond acceptors (Lipinski definition) is 5. The molecule has 0 radical (unpaired) electrons. The molecule has 0 amide bonds. The molecule has 3 aromatic rings. The van der Waals surface area contributed by atoms with Gasteiger partial charge in [0.25, 0.3) is 0 Å². The van der Waals surface area contributed by atoms with Crippen LogP contribution in [0.15, 0.2) is 53.7 Å². The van der Waals surface area contributed by atoms with Gasteiger partial charge >= 0.3 is 0 Å². The number of phenolic OH excluding ortho intramolecular Hbond substituents is 3. The molecule has 5 nitrogen and oxygen atoms in total. The molecule has 0 aromatic heterocycles. The van der Waals surface area contributed by atoms with Gasteiger partial charge in [0.2, 0.25) is 0 Å². The summed E-state index contributed by atoms with van der Waals surface area (Å²) < 4.78 is 37.6. The smallest absolute Gasteiger partial charge is 0.153 e. The number of aromatic hydroxyl groups is 3. The van der Waals surface area contributed by atoms with Gasteiger partial charge in [-0.1, -0.05) is 34.8 Å². The van der Waals surface area contributed by atoms with Crippen LogP contribution in [-0.2, 0) is 0 Å². The summed E-state index contributed by atoms with van der Waals surface area (Å²) in [6.07, 6.45) is 4.20. The molecule has 1 aliphatic heterocycles. The number of carbonyl (C=O) groups is 1. The van der Waals surface area contributed by atoms with Crippen LogP contribution < -0.4 is 0 Å². The van der Waals surface area contributed by atoms with Crippen molar-refractivity contribution in [2.24, 2.45) is 4.99 Å². The van der Waals surface area contributed by atoms with Crippen molar-refractivity contribution in [1.82, 2.24) is 0 Å². The molecule has 1 aliphatic rings. The molecular formula is C23H15Cl3F3NO4. The minimum atomic E-state index is -0.644. The first-order chi connectivity index (χ1) is 16.0. The fourth-order valence-corrected chi connectivity index (χ4v) is 3.08. The average Bonchev–Trinajstić information content (AvgIpc) is 3.32. The van der Waals surface area contributed by atoms with E-state index in [0.29, 0.717) is 18.3 Å². The normalized spacial score (nSPS) is 11.6. The number of aldehydes is 1. The first-order valence-electron chi connectivity index (χ1n) is 9.19. The van der Waals surface area contributed by atoms with Crippen LogP contribution in [-0.4, -0.2) is 27.8 Å². The van der Waals surface area contributed by atoms with Crippen molar-refractivity contribution in [2.75, 3.05) is 0 Å². The molecule has 3 N–H and O–H groups in total. The van der Waals surface area contributed by atoms with E-state index in [0.717, 1.165) is 35.9 Å². The lowest BCUT2D eigenvalue weighted by Crippen LogP contribution is -1.87. The number of allylic oxidation sites excluding steroid dienone is 1. The number of phenols is 3. The number of nitrogens with zero attached hydrogens (tertiary/aromatic N) is 1. The van der Waals surface area contributed by atoms with Crippen LogP contribution >= 0.6 is 34.8 Å². The van der Waals surface area contributed by atoms with Gasteiger partial charge in [0.15, 0.2) is 6.29 Å². The summed E-state index contributed by atoms with van der Waals surface area (Å²) >= 11 is 16.3. The van der Waals surface area contributed by atoms with Crippen LogP contribution in [0.1, 0.15) is 22.3 Å². The Kier molecular flexibility index (Phi) is 9.80. The van der Waals surface area contributed by atoms with Crippen molar-refractivity contribution < 1.29 is 33.3 Å². The van der Waals surface area contributed by atoms with Gasteiger partial charge in [0.1, 0.15) is 34.7 Å².